The van der Waals surface area contributed by atoms with Crippen LogP contribution < -0.4 is 69.3 Å². The molecule has 116 valence electrons. The third kappa shape index (κ3) is 3.63. The molecule has 0 saturated carbocycles. The van der Waals surface area contributed by atoms with Crippen molar-refractivity contribution in [2.75, 3.05) is 13.1 Å². The van der Waals surface area contributed by atoms with E-state index >= 15 is 0 Å². The molecule has 4 aliphatic heterocycles. The maximum Gasteiger partial charge on any atom is 1.00 e. The van der Waals surface area contributed by atoms with Crippen molar-refractivity contribution in [2.24, 2.45) is 0 Å². The van der Waals surface area contributed by atoms with Crippen LogP contribution in [0, 0.1) is 0 Å². The van der Waals surface area contributed by atoms with Gasteiger partial charge in [0, 0.05) is 25.2 Å². The number of hydrogen-bond acceptors (Lipinski definition) is 8. The standard InChI is InChI=1S/2C7H7NO3.2Na/c2*9-6-3-5(7(10)11)8-2-1-4(6)8;;/h2*3-4H,1-2H2,(H,10,11);;/q;;2*+1/p-2. The number of ketones is 2. The zero-order valence-electron chi connectivity index (χ0n) is 13.5. The van der Waals surface area contributed by atoms with Gasteiger partial charge in [-0.3, -0.25) is 9.59 Å². The van der Waals surface area contributed by atoms with Crippen molar-refractivity contribution in [1.29, 1.82) is 0 Å². The Morgan fingerprint density at radius 1 is 0.833 bits per heavy atom. The molecule has 0 spiro atoms. The van der Waals surface area contributed by atoms with Gasteiger partial charge >= 0.3 is 59.1 Å². The third-order valence-electron chi connectivity index (χ3n) is 4.29. The summed E-state index contributed by atoms with van der Waals surface area (Å²) in [5.41, 5.74) is 0.0949. The smallest absolute Gasteiger partial charge is 0.543 e. The average Bonchev–Trinajstić information content (AvgIpc) is 2.69. The fourth-order valence-electron chi connectivity index (χ4n) is 2.92. The minimum absolute atomic E-state index is 0. The number of rotatable bonds is 2. The van der Waals surface area contributed by atoms with Crippen LogP contribution in [0.1, 0.15) is 12.8 Å². The minimum atomic E-state index is -1.25. The van der Waals surface area contributed by atoms with Gasteiger partial charge in [0.2, 0.25) is 0 Å². The van der Waals surface area contributed by atoms with Crippen molar-refractivity contribution < 1.29 is 88.5 Å². The number of carboxylic acids is 2. The molecule has 0 aromatic heterocycles. The molecule has 4 aliphatic rings. The van der Waals surface area contributed by atoms with E-state index in [1.807, 2.05) is 0 Å². The van der Waals surface area contributed by atoms with Gasteiger partial charge in [0.1, 0.15) is 0 Å². The largest absolute Gasteiger partial charge is 1.00 e. The summed E-state index contributed by atoms with van der Waals surface area (Å²) in [5, 5.41) is 20.7. The second-order valence-corrected chi connectivity index (χ2v) is 5.43. The number of carboxylic acid groups (broad SMARTS) is 2. The van der Waals surface area contributed by atoms with Gasteiger partial charge in [-0.15, -0.1) is 0 Å². The molecule has 0 bridgehead atoms. The van der Waals surface area contributed by atoms with E-state index < -0.39 is 11.9 Å². The van der Waals surface area contributed by atoms with Crippen LogP contribution in [-0.2, 0) is 19.2 Å². The number of nitrogens with zero attached hydrogens (tertiary/aromatic N) is 2. The van der Waals surface area contributed by atoms with E-state index in [0.29, 0.717) is 13.1 Å². The first kappa shape index (κ1) is 21.4. The quantitative estimate of drug-likeness (QED) is 0.450. The Kier molecular flexibility index (Phi) is 7.28. The van der Waals surface area contributed by atoms with Crippen LogP contribution in [0.25, 0.3) is 0 Å². The fourth-order valence-corrected chi connectivity index (χ4v) is 2.92. The monoisotopic (exact) mass is 350 g/mol. The van der Waals surface area contributed by atoms with Gasteiger partial charge in [0.05, 0.1) is 35.4 Å². The topological polar surface area (TPSA) is 121 Å². The van der Waals surface area contributed by atoms with Crippen LogP contribution in [-0.4, -0.2) is 58.5 Å². The SMILES string of the molecule is O=C([O-])C1=CC(=O)C2CCN12.O=C([O-])C1=CC(=O)C2CCN12.[Na+].[Na+]. The Bertz CT molecular complexity index is 604. The van der Waals surface area contributed by atoms with Crippen LogP contribution in [0.5, 0.6) is 0 Å². The van der Waals surface area contributed by atoms with Gasteiger partial charge < -0.3 is 29.6 Å². The first-order chi connectivity index (χ1) is 10.4. The Morgan fingerprint density at radius 2 is 1.17 bits per heavy atom. The van der Waals surface area contributed by atoms with Crippen molar-refractivity contribution in [1.82, 2.24) is 9.80 Å². The molecule has 0 amide bonds. The summed E-state index contributed by atoms with van der Waals surface area (Å²) in [5.74, 6) is -2.70. The van der Waals surface area contributed by atoms with E-state index in [1.54, 1.807) is 9.80 Å². The van der Waals surface area contributed by atoms with Crippen LogP contribution >= 0.6 is 0 Å². The Hall–Kier alpha value is -0.640. The molecule has 2 fully saturated rings. The molecule has 4 rings (SSSR count). The molecule has 0 N–H and O–H groups in total. The van der Waals surface area contributed by atoms with E-state index in [1.165, 1.54) is 0 Å². The van der Waals surface area contributed by atoms with Crippen molar-refractivity contribution >= 4 is 23.5 Å². The van der Waals surface area contributed by atoms with Gasteiger partial charge in [-0.1, -0.05) is 0 Å². The molecule has 8 nitrogen and oxygen atoms in total. The third-order valence-corrected chi connectivity index (χ3v) is 4.29. The summed E-state index contributed by atoms with van der Waals surface area (Å²) in [6.07, 6.45) is 3.86. The molecular formula is C14H12N2Na2O6. The van der Waals surface area contributed by atoms with Crippen molar-refractivity contribution in [3.05, 3.63) is 23.5 Å². The number of fused-ring (bicyclic) bond motifs is 2. The van der Waals surface area contributed by atoms with Gasteiger partial charge in [0.15, 0.2) is 11.6 Å². The molecule has 2 unspecified atom stereocenters. The Balaban J connectivity index is 0.000000222. The second kappa shape index (κ2) is 8.16. The zero-order chi connectivity index (χ0) is 16.0. The van der Waals surface area contributed by atoms with Gasteiger partial charge in [-0.25, -0.2) is 0 Å². The van der Waals surface area contributed by atoms with Gasteiger partial charge in [-0.2, -0.15) is 0 Å². The molecule has 24 heavy (non-hydrogen) atoms. The van der Waals surface area contributed by atoms with E-state index in [4.69, 9.17) is 0 Å². The predicted octanol–water partition coefficient (Wildman–Crippen LogP) is -9.44. The van der Waals surface area contributed by atoms with E-state index in [0.717, 1.165) is 25.0 Å². The maximum atomic E-state index is 10.9. The Labute approximate surface area is 182 Å². The molecule has 2 saturated heterocycles. The van der Waals surface area contributed by atoms with Crippen LogP contribution in [0.4, 0.5) is 0 Å². The summed E-state index contributed by atoms with van der Waals surface area (Å²) < 4.78 is 0. The Morgan fingerprint density at radius 3 is 1.29 bits per heavy atom. The summed E-state index contributed by atoms with van der Waals surface area (Å²) >= 11 is 0. The number of carbonyl (C=O) groups is 4. The zero-order valence-corrected chi connectivity index (χ0v) is 17.5. The molecule has 0 radical (unpaired) electrons. The number of hydrogen-bond donors (Lipinski definition) is 0. The predicted molar refractivity (Wildman–Crippen MR) is 66.4 cm³/mol. The molecule has 2 atom stereocenters. The fraction of sp³-hybridized carbons (Fsp3) is 0.429. The molecule has 0 aromatic rings. The van der Waals surface area contributed by atoms with E-state index in [-0.39, 0.29) is 94.2 Å². The first-order valence-electron chi connectivity index (χ1n) is 6.87. The van der Waals surface area contributed by atoms with Crippen LogP contribution in [0.15, 0.2) is 23.5 Å². The van der Waals surface area contributed by atoms with Crippen molar-refractivity contribution in [3.63, 3.8) is 0 Å². The first-order valence-corrected chi connectivity index (χ1v) is 6.87. The summed E-state index contributed by atoms with van der Waals surface area (Å²) in [4.78, 5) is 45.7. The van der Waals surface area contributed by atoms with Crippen molar-refractivity contribution in [3.8, 4) is 0 Å². The normalized spacial score (nSPS) is 25.3. The molecule has 0 aromatic carbocycles. The molecule has 4 heterocycles. The second-order valence-electron chi connectivity index (χ2n) is 5.43. The number of aliphatic carboxylic acids is 2. The van der Waals surface area contributed by atoms with Crippen LogP contribution in [0.3, 0.4) is 0 Å². The molecular weight excluding hydrogens is 338 g/mol. The average molecular weight is 350 g/mol. The summed E-state index contributed by atoms with van der Waals surface area (Å²) in [6, 6.07) is -0.384. The maximum absolute atomic E-state index is 10.9. The van der Waals surface area contributed by atoms with Crippen LogP contribution in [0.2, 0.25) is 0 Å². The number of carbonyl (C=O) groups excluding carboxylic acids is 4. The van der Waals surface area contributed by atoms with Crippen molar-refractivity contribution in [2.45, 2.75) is 24.9 Å². The van der Waals surface area contributed by atoms with E-state index in [9.17, 15) is 29.4 Å². The summed E-state index contributed by atoms with van der Waals surface area (Å²) in [7, 11) is 0. The molecule has 0 aliphatic carbocycles. The minimum Gasteiger partial charge on any atom is -0.543 e. The van der Waals surface area contributed by atoms with Gasteiger partial charge in [-0.05, 0) is 12.8 Å². The van der Waals surface area contributed by atoms with E-state index in [2.05, 4.69) is 0 Å². The molecule has 10 heteroatoms. The van der Waals surface area contributed by atoms with Gasteiger partial charge in [0.25, 0.3) is 0 Å². The summed E-state index contributed by atoms with van der Waals surface area (Å²) in [6.45, 7) is 1.33.